The molecular formula is C16H19N3O4S2. The lowest BCUT2D eigenvalue weighted by Gasteiger charge is -2.19. The Morgan fingerprint density at radius 3 is 2.52 bits per heavy atom. The zero-order valence-corrected chi connectivity index (χ0v) is 15.1. The lowest BCUT2D eigenvalue weighted by molar-refractivity contribution is -0.00461. The molecule has 9 heteroatoms. The monoisotopic (exact) mass is 381 g/mol. The van der Waals surface area contributed by atoms with Crippen molar-refractivity contribution in [3.8, 4) is 0 Å². The van der Waals surface area contributed by atoms with Crippen molar-refractivity contribution in [2.45, 2.75) is 22.5 Å². The zero-order chi connectivity index (χ0) is 17.3. The minimum atomic E-state index is -3.46. The molecule has 1 N–H and O–H groups in total. The molecule has 0 unspecified atom stereocenters. The third-order valence-corrected chi connectivity index (χ3v) is 7.53. The molecule has 0 aromatic carbocycles. The van der Waals surface area contributed by atoms with Gasteiger partial charge in [-0.3, -0.25) is 4.98 Å². The molecule has 0 spiro atoms. The summed E-state index contributed by atoms with van der Waals surface area (Å²) in [5.41, 5.74) is 0.911. The van der Waals surface area contributed by atoms with Gasteiger partial charge in [-0.2, -0.15) is 4.31 Å². The van der Waals surface area contributed by atoms with Gasteiger partial charge in [0.25, 0.3) is 10.0 Å². The molecule has 2 atom stereocenters. The number of aromatic nitrogens is 1. The first-order valence-corrected chi connectivity index (χ1v) is 10.4. The summed E-state index contributed by atoms with van der Waals surface area (Å²) in [5.74, 6) is 0. The van der Waals surface area contributed by atoms with E-state index in [0.29, 0.717) is 30.5 Å². The minimum Gasteiger partial charge on any atom is -0.376 e. The van der Waals surface area contributed by atoms with Gasteiger partial charge in [-0.05, 0) is 23.6 Å². The van der Waals surface area contributed by atoms with Crippen LogP contribution in [-0.4, -0.2) is 62.3 Å². The zero-order valence-electron chi connectivity index (χ0n) is 13.4. The number of hydrogen-bond acceptors (Lipinski definition) is 7. The highest BCUT2D eigenvalue weighted by Gasteiger charge is 2.42. The highest BCUT2D eigenvalue weighted by Crippen LogP contribution is 2.28. The van der Waals surface area contributed by atoms with Crippen LogP contribution in [0.1, 0.15) is 0 Å². The normalized spacial score (nSPS) is 25.4. The molecule has 0 amide bonds. The van der Waals surface area contributed by atoms with Gasteiger partial charge in [0.05, 0.1) is 37.2 Å². The first kappa shape index (κ1) is 16.9. The van der Waals surface area contributed by atoms with Crippen LogP contribution in [0.25, 0.3) is 0 Å². The van der Waals surface area contributed by atoms with Gasteiger partial charge in [0, 0.05) is 25.5 Å². The summed E-state index contributed by atoms with van der Waals surface area (Å²) in [4.78, 5) is 4.08. The van der Waals surface area contributed by atoms with Crippen LogP contribution in [0, 0.1) is 0 Å². The molecule has 7 nitrogen and oxygen atoms in total. The van der Waals surface area contributed by atoms with Gasteiger partial charge in [-0.1, -0.05) is 6.07 Å². The Labute approximate surface area is 150 Å². The van der Waals surface area contributed by atoms with Crippen molar-refractivity contribution < 1.29 is 17.9 Å². The molecule has 2 saturated heterocycles. The molecule has 134 valence electrons. The predicted octanol–water partition coefficient (Wildman–Crippen LogP) is 1.41. The Balaban J connectivity index is 1.39. The topological polar surface area (TPSA) is 80.8 Å². The molecule has 2 aliphatic rings. The van der Waals surface area contributed by atoms with Gasteiger partial charge in [0.15, 0.2) is 0 Å². The molecule has 2 aromatic rings. The number of nitrogens with zero attached hydrogens (tertiary/aromatic N) is 2. The van der Waals surface area contributed by atoms with Crippen LogP contribution in [-0.2, 0) is 19.5 Å². The van der Waals surface area contributed by atoms with E-state index < -0.39 is 10.0 Å². The lowest BCUT2D eigenvalue weighted by Crippen LogP contribution is -2.33. The molecule has 2 aliphatic heterocycles. The van der Waals surface area contributed by atoms with E-state index in [9.17, 15) is 8.42 Å². The first-order chi connectivity index (χ1) is 12.1. The second-order valence-electron chi connectivity index (χ2n) is 6.08. The van der Waals surface area contributed by atoms with Crippen molar-refractivity contribution in [2.75, 3.05) is 31.6 Å². The molecule has 0 saturated carbocycles. The molecule has 0 radical (unpaired) electrons. The highest BCUT2D eigenvalue weighted by atomic mass is 32.2. The predicted molar refractivity (Wildman–Crippen MR) is 94.2 cm³/mol. The minimum absolute atomic E-state index is 0.0113. The maximum absolute atomic E-state index is 12.6. The summed E-state index contributed by atoms with van der Waals surface area (Å²) in [6.45, 7) is 1.57. The van der Waals surface area contributed by atoms with Gasteiger partial charge in [0.1, 0.15) is 4.21 Å². The summed E-state index contributed by atoms with van der Waals surface area (Å²) >= 11 is 1.23. The SMILES string of the molecule is O=S(=O)(c1cccs1)N1C[C@@H]2OCC(Nc3cccnc3)CO[C@H]2C1. The third kappa shape index (κ3) is 3.56. The molecule has 4 rings (SSSR count). The van der Waals surface area contributed by atoms with Crippen LogP contribution in [0.4, 0.5) is 5.69 Å². The lowest BCUT2D eigenvalue weighted by atomic mass is 10.3. The van der Waals surface area contributed by atoms with Gasteiger partial charge in [0.2, 0.25) is 0 Å². The molecule has 2 fully saturated rings. The molecule has 4 heterocycles. The fourth-order valence-corrected chi connectivity index (χ4v) is 5.67. The van der Waals surface area contributed by atoms with Crippen molar-refractivity contribution in [2.24, 2.45) is 0 Å². The van der Waals surface area contributed by atoms with Gasteiger partial charge >= 0.3 is 0 Å². The Morgan fingerprint density at radius 2 is 1.92 bits per heavy atom. The van der Waals surface area contributed by atoms with Gasteiger partial charge in [-0.25, -0.2) is 8.42 Å². The maximum atomic E-state index is 12.6. The van der Waals surface area contributed by atoms with Crippen molar-refractivity contribution in [1.82, 2.24) is 9.29 Å². The molecule has 0 aliphatic carbocycles. The van der Waals surface area contributed by atoms with Crippen molar-refractivity contribution in [3.63, 3.8) is 0 Å². The average Bonchev–Trinajstić information content (AvgIpc) is 3.26. The fourth-order valence-electron chi connectivity index (χ4n) is 3.06. The Kier molecular flexibility index (Phi) is 4.74. The molecule has 0 bridgehead atoms. The van der Waals surface area contributed by atoms with Crippen LogP contribution >= 0.6 is 11.3 Å². The third-order valence-electron chi connectivity index (χ3n) is 4.33. The number of hydrogen-bond donors (Lipinski definition) is 1. The van der Waals surface area contributed by atoms with Gasteiger partial charge in [-0.15, -0.1) is 11.3 Å². The number of nitrogens with one attached hydrogen (secondary N) is 1. The Hall–Kier alpha value is -1.52. The van der Waals surface area contributed by atoms with E-state index in [4.69, 9.17) is 9.47 Å². The molecule has 2 aromatic heterocycles. The van der Waals surface area contributed by atoms with E-state index >= 15 is 0 Å². The largest absolute Gasteiger partial charge is 0.376 e. The Morgan fingerprint density at radius 1 is 1.16 bits per heavy atom. The van der Waals surface area contributed by atoms with Gasteiger partial charge < -0.3 is 14.8 Å². The number of ether oxygens (including phenoxy) is 2. The van der Waals surface area contributed by atoms with Crippen LogP contribution in [0.5, 0.6) is 0 Å². The summed E-state index contributed by atoms with van der Waals surface area (Å²) in [5, 5.41) is 5.10. The highest BCUT2D eigenvalue weighted by molar-refractivity contribution is 7.91. The standard InChI is InChI=1S/C16H19N3O4S2/c20-25(21,16-4-2-6-24-16)19-8-14-15(9-19)23-11-13(10-22-14)18-12-3-1-5-17-7-12/h1-7,13-15,18H,8-11H2/t14-,15-/m0/s1. The Bertz CT molecular complexity index is 782. The second kappa shape index (κ2) is 7.00. The summed E-state index contributed by atoms with van der Waals surface area (Å²) in [6.07, 6.45) is 2.99. The number of thiophene rings is 1. The van der Waals surface area contributed by atoms with Crippen molar-refractivity contribution >= 4 is 27.0 Å². The van der Waals surface area contributed by atoms with E-state index in [-0.39, 0.29) is 18.2 Å². The van der Waals surface area contributed by atoms with Crippen LogP contribution < -0.4 is 5.32 Å². The number of anilines is 1. The van der Waals surface area contributed by atoms with E-state index in [2.05, 4.69) is 10.3 Å². The molecule has 25 heavy (non-hydrogen) atoms. The van der Waals surface area contributed by atoms with Crippen LogP contribution in [0.15, 0.2) is 46.2 Å². The summed E-state index contributed by atoms with van der Waals surface area (Å²) < 4.78 is 39.0. The smallest absolute Gasteiger partial charge is 0.252 e. The van der Waals surface area contributed by atoms with E-state index in [1.165, 1.54) is 15.6 Å². The number of fused-ring (bicyclic) bond motifs is 1. The molecular weight excluding hydrogens is 362 g/mol. The summed E-state index contributed by atoms with van der Waals surface area (Å²) in [7, 11) is -3.46. The quantitative estimate of drug-likeness (QED) is 0.863. The summed E-state index contributed by atoms with van der Waals surface area (Å²) in [6, 6.07) is 7.19. The number of sulfonamides is 1. The van der Waals surface area contributed by atoms with Crippen LogP contribution in [0.3, 0.4) is 0 Å². The maximum Gasteiger partial charge on any atom is 0.252 e. The van der Waals surface area contributed by atoms with E-state index in [0.717, 1.165) is 5.69 Å². The first-order valence-electron chi connectivity index (χ1n) is 8.06. The van der Waals surface area contributed by atoms with E-state index in [1.807, 2.05) is 12.1 Å². The van der Waals surface area contributed by atoms with Crippen molar-refractivity contribution in [1.29, 1.82) is 0 Å². The number of pyridine rings is 1. The fraction of sp³-hybridized carbons (Fsp3) is 0.438. The van der Waals surface area contributed by atoms with Crippen LogP contribution in [0.2, 0.25) is 0 Å². The van der Waals surface area contributed by atoms with Crippen molar-refractivity contribution in [3.05, 3.63) is 42.0 Å². The average molecular weight is 381 g/mol. The van der Waals surface area contributed by atoms with E-state index in [1.54, 1.807) is 29.9 Å². The second-order valence-corrected chi connectivity index (χ2v) is 9.19. The number of rotatable bonds is 4.